The van der Waals surface area contributed by atoms with Gasteiger partial charge in [-0.15, -0.1) is 0 Å². The molecule has 0 bridgehead atoms. The van der Waals surface area contributed by atoms with E-state index in [1.165, 1.54) is 6.07 Å². The van der Waals surface area contributed by atoms with E-state index in [2.05, 4.69) is 4.90 Å². The highest BCUT2D eigenvalue weighted by atomic mass is 35.5. The number of benzene rings is 2. The average Bonchev–Trinajstić information content (AvgIpc) is 2.79. The van der Waals surface area contributed by atoms with Gasteiger partial charge in [-0.25, -0.2) is 4.39 Å². The second-order valence-corrected chi connectivity index (χ2v) is 8.57. The SMILES string of the molecule is O=C(C(c1ccccc1)N1CCCCC1=O)N1CCN(Cc2c(F)cccc2Cl)CC1. The average molecular weight is 444 g/mol. The molecule has 5 nitrogen and oxygen atoms in total. The van der Waals surface area contributed by atoms with E-state index >= 15 is 0 Å². The number of nitrogens with zero attached hydrogens (tertiary/aromatic N) is 3. The Kier molecular flexibility index (Phi) is 6.88. The van der Waals surface area contributed by atoms with Gasteiger partial charge in [-0.05, 0) is 30.5 Å². The van der Waals surface area contributed by atoms with Crippen LogP contribution in [0.15, 0.2) is 48.5 Å². The molecule has 164 valence electrons. The Morgan fingerprint density at radius 3 is 2.39 bits per heavy atom. The third-order valence-electron chi connectivity index (χ3n) is 6.15. The Morgan fingerprint density at radius 2 is 1.71 bits per heavy atom. The van der Waals surface area contributed by atoms with Crippen molar-refractivity contribution in [2.75, 3.05) is 32.7 Å². The number of hydrogen-bond donors (Lipinski definition) is 0. The number of carbonyl (C=O) groups excluding carboxylic acids is 2. The summed E-state index contributed by atoms with van der Waals surface area (Å²) in [6, 6.07) is 13.7. The lowest BCUT2D eigenvalue weighted by Crippen LogP contribution is -2.53. The van der Waals surface area contributed by atoms with Crippen LogP contribution in [0, 0.1) is 5.82 Å². The van der Waals surface area contributed by atoms with E-state index in [0.717, 1.165) is 18.4 Å². The van der Waals surface area contributed by atoms with Gasteiger partial charge in [-0.3, -0.25) is 14.5 Å². The smallest absolute Gasteiger partial charge is 0.250 e. The number of halogens is 2. The van der Waals surface area contributed by atoms with E-state index < -0.39 is 6.04 Å². The van der Waals surface area contributed by atoms with Crippen molar-refractivity contribution in [3.63, 3.8) is 0 Å². The van der Waals surface area contributed by atoms with E-state index in [4.69, 9.17) is 11.6 Å². The molecule has 2 fully saturated rings. The molecule has 2 aromatic rings. The van der Waals surface area contributed by atoms with Gasteiger partial charge in [-0.1, -0.05) is 48.0 Å². The topological polar surface area (TPSA) is 43.9 Å². The van der Waals surface area contributed by atoms with Crippen LogP contribution >= 0.6 is 11.6 Å². The largest absolute Gasteiger partial charge is 0.338 e. The van der Waals surface area contributed by atoms with Crippen molar-refractivity contribution < 1.29 is 14.0 Å². The van der Waals surface area contributed by atoms with Crippen molar-refractivity contribution in [2.24, 2.45) is 0 Å². The fourth-order valence-corrected chi connectivity index (χ4v) is 4.62. The molecule has 7 heteroatoms. The third kappa shape index (κ3) is 4.91. The minimum Gasteiger partial charge on any atom is -0.338 e. The zero-order valence-electron chi connectivity index (χ0n) is 17.5. The summed E-state index contributed by atoms with van der Waals surface area (Å²) in [6.45, 7) is 3.36. The number of piperidine rings is 1. The van der Waals surface area contributed by atoms with E-state index in [1.54, 1.807) is 17.0 Å². The molecule has 0 saturated carbocycles. The summed E-state index contributed by atoms with van der Waals surface area (Å²) in [7, 11) is 0. The van der Waals surface area contributed by atoms with Gasteiger partial charge in [-0.2, -0.15) is 0 Å². The van der Waals surface area contributed by atoms with E-state index in [9.17, 15) is 14.0 Å². The van der Waals surface area contributed by atoms with Crippen LogP contribution < -0.4 is 0 Å². The van der Waals surface area contributed by atoms with Crippen molar-refractivity contribution in [1.82, 2.24) is 14.7 Å². The Morgan fingerprint density at radius 1 is 0.968 bits per heavy atom. The van der Waals surface area contributed by atoms with Crippen LogP contribution in [0.5, 0.6) is 0 Å². The molecule has 2 aliphatic rings. The standard InChI is InChI=1S/C24H27ClFN3O2/c25-20-9-6-10-21(26)19(20)17-27-13-15-28(16-14-27)24(31)23(18-7-2-1-3-8-18)29-12-5-4-11-22(29)30/h1-3,6-10,23H,4-5,11-17H2. The number of amides is 2. The van der Waals surface area contributed by atoms with Gasteiger partial charge in [0.25, 0.3) is 0 Å². The molecule has 2 aromatic carbocycles. The summed E-state index contributed by atoms with van der Waals surface area (Å²) in [5.41, 5.74) is 1.34. The highest BCUT2D eigenvalue weighted by molar-refractivity contribution is 6.31. The van der Waals surface area contributed by atoms with Crippen LogP contribution in [0.1, 0.15) is 36.4 Å². The molecule has 0 aliphatic carbocycles. The highest BCUT2D eigenvalue weighted by Gasteiger charge is 2.36. The van der Waals surface area contributed by atoms with Crippen LogP contribution in [-0.2, 0) is 16.1 Å². The van der Waals surface area contributed by atoms with E-state index in [-0.39, 0.29) is 17.6 Å². The maximum Gasteiger partial charge on any atom is 0.250 e. The lowest BCUT2D eigenvalue weighted by Gasteiger charge is -2.40. The summed E-state index contributed by atoms with van der Waals surface area (Å²) in [6.07, 6.45) is 2.29. The van der Waals surface area contributed by atoms with Crippen molar-refractivity contribution in [1.29, 1.82) is 0 Å². The van der Waals surface area contributed by atoms with Crippen molar-refractivity contribution in [3.8, 4) is 0 Å². The first-order valence-electron chi connectivity index (χ1n) is 10.8. The second-order valence-electron chi connectivity index (χ2n) is 8.16. The van der Waals surface area contributed by atoms with Crippen LogP contribution in [0.2, 0.25) is 5.02 Å². The van der Waals surface area contributed by atoms with Gasteiger partial charge < -0.3 is 9.80 Å². The summed E-state index contributed by atoms with van der Waals surface area (Å²) in [5, 5.41) is 0.422. The number of piperazine rings is 1. The third-order valence-corrected chi connectivity index (χ3v) is 6.50. The number of rotatable bonds is 5. The van der Waals surface area contributed by atoms with Gasteiger partial charge in [0.1, 0.15) is 11.9 Å². The Hall–Kier alpha value is -2.44. The van der Waals surface area contributed by atoms with Gasteiger partial charge >= 0.3 is 0 Å². The summed E-state index contributed by atoms with van der Waals surface area (Å²) in [5.74, 6) is -0.301. The highest BCUT2D eigenvalue weighted by Crippen LogP contribution is 2.28. The molecule has 4 rings (SSSR count). The number of carbonyl (C=O) groups is 2. The van der Waals surface area contributed by atoms with Crippen LogP contribution in [0.4, 0.5) is 4.39 Å². The molecule has 0 radical (unpaired) electrons. The number of likely N-dealkylation sites (tertiary alicyclic amines) is 1. The van der Waals surface area contributed by atoms with Gasteiger partial charge in [0.05, 0.1) is 0 Å². The van der Waals surface area contributed by atoms with Gasteiger partial charge in [0.2, 0.25) is 11.8 Å². The molecule has 2 aliphatic heterocycles. The van der Waals surface area contributed by atoms with E-state index in [1.807, 2.05) is 35.2 Å². The summed E-state index contributed by atoms with van der Waals surface area (Å²) >= 11 is 6.17. The molecule has 1 atom stereocenters. The lowest BCUT2D eigenvalue weighted by atomic mass is 9.99. The molecule has 2 amide bonds. The van der Waals surface area contributed by atoms with Crippen LogP contribution in [0.3, 0.4) is 0 Å². The van der Waals surface area contributed by atoms with Crippen LogP contribution in [0.25, 0.3) is 0 Å². The maximum absolute atomic E-state index is 14.1. The molecule has 1 unspecified atom stereocenters. The minimum absolute atomic E-state index is 0.0370. The second kappa shape index (κ2) is 9.79. The Bertz CT molecular complexity index is 911. The molecule has 31 heavy (non-hydrogen) atoms. The molecular formula is C24H27ClFN3O2. The first-order valence-corrected chi connectivity index (χ1v) is 11.2. The van der Waals surface area contributed by atoms with Crippen molar-refractivity contribution in [3.05, 3.63) is 70.5 Å². The maximum atomic E-state index is 14.1. The molecule has 0 N–H and O–H groups in total. The summed E-state index contributed by atoms with van der Waals surface area (Å²) in [4.78, 5) is 31.8. The zero-order valence-corrected chi connectivity index (χ0v) is 18.2. The van der Waals surface area contributed by atoms with Gasteiger partial charge in [0.15, 0.2) is 0 Å². The normalized spacial score (nSPS) is 18.8. The van der Waals surface area contributed by atoms with Crippen molar-refractivity contribution >= 4 is 23.4 Å². The molecule has 2 heterocycles. The minimum atomic E-state index is -0.582. The molecule has 0 spiro atoms. The fraction of sp³-hybridized carbons (Fsp3) is 0.417. The Labute approximate surface area is 187 Å². The fourth-order valence-electron chi connectivity index (χ4n) is 4.40. The van der Waals surface area contributed by atoms with Crippen LogP contribution in [-0.4, -0.2) is 59.2 Å². The lowest BCUT2D eigenvalue weighted by molar-refractivity contribution is -0.149. The van der Waals surface area contributed by atoms with Gasteiger partial charge in [0, 0.05) is 56.3 Å². The van der Waals surface area contributed by atoms with E-state index in [0.29, 0.717) is 56.3 Å². The number of hydrogen-bond acceptors (Lipinski definition) is 3. The first kappa shape index (κ1) is 21.8. The molecule has 2 saturated heterocycles. The monoisotopic (exact) mass is 443 g/mol. The molecule has 0 aromatic heterocycles. The quantitative estimate of drug-likeness (QED) is 0.704. The Balaban J connectivity index is 1.46. The summed E-state index contributed by atoms with van der Waals surface area (Å²) < 4.78 is 14.1. The predicted molar refractivity (Wildman–Crippen MR) is 118 cm³/mol. The first-order chi connectivity index (χ1) is 15.0. The predicted octanol–water partition coefficient (Wildman–Crippen LogP) is 3.88. The van der Waals surface area contributed by atoms with Crippen molar-refractivity contribution in [2.45, 2.75) is 31.8 Å². The zero-order chi connectivity index (χ0) is 21.8. The molecular weight excluding hydrogens is 417 g/mol.